The van der Waals surface area contributed by atoms with Gasteiger partial charge in [0.05, 0.1) is 11.1 Å². The Labute approximate surface area is 169 Å². The van der Waals surface area contributed by atoms with Crippen LogP contribution in [0, 0.1) is 6.92 Å². The quantitative estimate of drug-likeness (QED) is 0.339. The fourth-order valence-corrected chi connectivity index (χ4v) is 3.84. The molecule has 28 heavy (non-hydrogen) atoms. The van der Waals surface area contributed by atoms with Crippen molar-refractivity contribution >= 4 is 50.2 Å². The first kappa shape index (κ1) is 20.0. The van der Waals surface area contributed by atoms with Crippen LogP contribution in [0.4, 0.5) is 5.69 Å². The lowest BCUT2D eigenvalue weighted by Crippen LogP contribution is -2.25. The van der Waals surface area contributed by atoms with Gasteiger partial charge in [0.1, 0.15) is 0 Å². The minimum absolute atomic E-state index is 0.184. The first-order chi connectivity index (χ1) is 13.3. The van der Waals surface area contributed by atoms with Gasteiger partial charge in [-0.1, -0.05) is 24.3 Å². The lowest BCUT2D eigenvalue weighted by atomic mass is 10.1. The lowest BCUT2D eigenvalue weighted by molar-refractivity contribution is 0.521. The van der Waals surface area contributed by atoms with Gasteiger partial charge >= 0.3 is 0 Å². The van der Waals surface area contributed by atoms with Crippen molar-refractivity contribution in [2.75, 3.05) is 19.4 Å². The maximum atomic E-state index is 12.2. The Bertz CT molecular complexity index is 1150. The number of aromatic nitrogens is 1. The second-order valence-corrected chi connectivity index (χ2v) is 8.91. The number of aromatic amines is 1. The molecule has 0 bridgehead atoms. The maximum Gasteiger partial charge on any atom is 0.242 e. The zero-order valence-corrected chi connectivity index (χ0v) is 17.4. The molecule has 2 aromatic carbocycles. The molecule has 0 unspecified atom stereocenters. The molecule has 0 fully saturated rings. The van der Waals surface area contributed by atoms with Gasteiger partial charge in [0.15, 0.2) is 5.11 Å². The van der Waals surface area contributed by atoms with Crippen molar-refractivity contribution in [2.24, 2.45) is 5.10 Å². The number of thiocarbonyl (C=S) groups is 1. The molecule has 0 aliphatic heterocycles. The van der Waals surface area contributed by atoms with E-state index >= 15 is 0 Å². The van der Waals surface area contributed by atoms with Gasteiger partial charge in [-0.25, -0.2) is 12.7 Å². The van der Waals surface area contributed by atoms with Crippen LogP contribution in [0.3, 0.4) is 0 Å². The molecule has 0 radical (unpaired) electrons. The monoisotopic (exact) mass is 415 g/mol. The fraction of sp³-hybridized carbons (Fsp3) is 0.158. The van der Waals surface area contributed by atoms with Gasteiger partial charge in [-0.3, -0.25) is 5.43 Å². The average Bonchev–Trinajstić information content (AvgIpc) is 2.97. The Kier molecular flexibility index (Phi) is 5.78. The SMILES string of the molecule is Cc1[nH]c2ccccc2c1/C=N/NC(=S)Nc1cccc(S(=O)(=O)N(C)C)c1. The minimum atomic E-state index is -3.51. The molecule has 7 nitrogen and oxygen atoms in total. The third-order valence-corrected chi connectivity index (χ3v) is 6.18. The predicted octanol–water partition coefficient (Wildman–Crippen LogP) is 3.05. The van der Waals surface area contributed by atoms with Gasteiger partial charge in [-0.05, 0) is 43.4 Å². The normalized spacial score (nSPS) is 12.0. The van der Waals surface area contributed by atoms with E-state index in [1.165, 1.54) is 26.2 Å². The molecule has 146 valence electrons. The number of benzene rings is 2. The second-order valence-electron chi connectivity index (χ2n) is 6.35. The van der Waals surface area contributed by atoms with Crippen molar-refractivity contribution in [1.82, 2.24) is 14.7 Å². The van der Waals surface area contributed by atoms with E-state index in [4.69, 9.17) is 12.2 Å². The summed E-state index contributed by atoms with van der Waals surface area (Å²) in [5.74, 6) is 0. The fourth-order valence-electron chi connectivity index (χ4n) is 2.72. The number of para-hydroxylation sites is 1. The van der Waals surface area contributed by atoms with E-state index in [0.29, 0.717) is 5.69 Å². The van der Waals surface area contributed by atoms with E-state index in [1.807, 2.05) is 31.2 Å². The molecule has 0 aliphatic rings. The van der Waals surface area contributed by atoms with Gasteiger partial charge in [-0.2, -0.15) is 5.10 Å². The summed E-state index contributed by atoms with van der Waals surface area (Å²) in [6.45, 7) is 1.98. The molecule has 3 rings (SSSR count). The molecular weight excluding hydrogens is 394 g/mol. The average molecular weight is 416 g/mol. The van der Waals surface area contributed by atoms with E-state index in [1.54, 1.807) is 18.3 Å². The highest BCUT2D eigenvalue weighted by Gasteiger charge is 2.17. The number of aryl methyl sites for hydroxylation is 1. The molecule has 0 aliphatic carbocycles. The number of nitrogens with one attached hydrogen (secondary N) is 3. The van der Waals surface area contributed by atoms with Crippen molar-refractivity contribution in [1.29, 1.82) is 0 Å². The van der Waals surface area contributed by atoms with Crippen LogP contribution in [0.5, 0.6) is 0 Å². The number of hydrogen-bond donors (Lipinski definition) is 3. The molecule has 3 N–H and O–H groups in total. The molecular formula is C19H21N5O2S2. The van der Waals surface area contributed by atoms with Crippen molar-refractivity contribution < 1.29 is 8.42 Å². The lowest BCUT2D eigenvalue weighted by Gasteiger charge is -2.13. The van der Waals surface area contributed by atoms with Crippen LogP contribution in [0.15, 0.2) is 58.5 Å². The summed E-state index contributed by atoms with van der Waals surface area (Å²) in [7, 11) is -0.532. The van der Waals surface area contributed by atoms with Crippen LogP contribution in [-0.2, 0) is 10.0 Å². The van der Waals surface area contributed by atoms with Crippen molar-refractivity contribution in [3.05, 3.63) is 59.8 Å². The molecule has 0 saturated heterocycles. The summed E-state index contributed by atoms with van der Waals surface area (Å²) in [5, 5.41) is 8.47. The Balaban J connectivity index is 1.69. The molecule has 9 heteroatoms. The van der Waals surface area contributed by atoms with Crippen molar-refractivity contribution in [3.63, 3.8) is 0 Å². The molecule has 0 atom stereocenters. The van der Waals surface area contributed by atoms with E-state index in [0.717, 1.165) is 26.5 Å². The topological polar surface area (TPSA) is 89.6 Å². The summed E-state index contributed by atoms with van der Waals surface area (Å²) in [5.41, 5.74) is 6.34. The summed E-state index contributed by atoms with van der Waals surface area (Å²) >= 11 is 5.24. The molecule has 3 aromatic rings. The molecule has 1 heterocycles. The summed E-state index contributed by atoms with van der Waals surface area (Å²) < 4.78 is 25.6. The van der Waals surface area contributed by atoms with Crippen LogP contribution in [0.2, 0.25) is 0 Å². The van der Waals surface area contributed by atoms with E-state index in [-0.39, 0.29) is 10.0 Å². The zero-order valence-electron chi connectivity index (χ0n) is 15.7. The van der Waals surface area contributed by atoms with E-state index in [9.17, 15) is 8.42 Å². The van der Waals surface area contributed by atoms with Crippen LogP contribution in [-0.4, -0.2) is 43.1 Å². The number of hydrazone groups is 1. The summed E-state index contributed by atoms with van der Waals surface area (Å²) in [4.78, 5) is 3.49. The van der Waals surface area contributed by atoms with Gasteiger partial charge in [-0.15, -0.1) is 0 Å². The Morgan fingerprint density at radius 1 is 1.18 bits per heavy atom. The Morgan fingerprint density at radius 3 is 2.68 bits per heavy atom. The largest absolute Gasteiger partial charge is 0.358 e. The van der Waals surface area contributed by atoms with E-state index in [2.05, 4.69) is 20.8 Å². The van der Waals surface area contributed by atoms with Crippen molar-refractivity contribution in [3.8, 4) is 0 Å². The molecule has 0 spiro atoms. The van der Waals surface area contributed by atoms with E-state index < -0.39 is 10.0 Å². The summed E-state index contributed by atoms with van der Waals surface area (Å²) in [6, 6.07) is 14.4. The first-order valence-electron chi connectivity index (χ1n) is 8.49. The highest BCUT2D eigenvalue weighted by molar-refractivity contribution is 7.89. The highest BCUT2D eigenvalue weighted by atomic mass is 32.2. The standard InChI is InChI=1S/C19H21N5O2S2/c1-13-17(16-9-4-5-10-18(16)21-13)12-20-23-19(27)22-14-7-6-8-15(11-14)28(25,26)24(2)3/h4-12,21H,1-3H3,(H2,22,23,27)/b20-12+. The van der Waals surface area contributed by atoms with Gasteiger partial charge in [0, 0.05) is 41.9 Å². The minimum Gasteiger partial charge on any atom is -0.358 e. The smallest absolute Gasteiger partial charge is 0.242 e. The number of rotatable bonds is 5. The van der Waals surface area contributed by atoms with Crippen LogP contribution in [0.25, 0.3) is 10.9 Å². The third-order valence-electron chi connectivity index (χ3n) is 4.17. The second kappa shape index (κ2) is 8.09. The molecule has 0 amide bonds. The first-order valence-corrected chi connectivity index (χ1v) is 10.3. The molecule has 0 saturated carbocycles. The number of sulfonamides is 1. The zero-order chi connectivity index (χ0) is 20.3. The summed E-state index contributed by atoms with van der Waals surface area (Å²) in [6.07, 6.45) is 1.70. The Morgan fingerprint density at radius 2 is 1.93 bits per heavy atom. The number of nitrogens with zero attached hydrogens (tertiary/aromatic N) is 2. The number of H-pyrrole nitrogens is 1. The number of fused-ring (bicyclic) bond motifs is 1. The predicted molar refractivity (Wildman–Crippen MR) is 117 cm³/mol. The van der Waals surface area contributed by atoms with Crippen LogP contribution < -0.4 is 10.7 Å². The third kappa shape index (κ3) is 4.22. The van der Waals surface area contributed by atoms with Gasteiger partial charge in [0.2, 0.25) is 10.0 Å². The van der Waals surface area contributed by atoms with Crippen LogP contribution in [0.1, 0.15) is 11.3 Å². The highest BCUT2D eigenvalue weighted by Crippen LogP contribution is 2.20. The van der Waals surface area contributed by atoms with Crippen LogP contribution >= 0.6 is 12.2 Å². The molecule has 1 aromatic heterocycles. The Hall–Kier alpha value is -2.75. The van der Waals surface area contributed by atoms with Gasteiger partial charge in [0.25, 0.3) is 0 Å². The maximum absolute atomic E-state index is 12.2. The van der Waals surface area contributed by atoms with Crippen molar-refractivity contribution in [2.45, 2.75) is 11.8 Å². The number of hydrogen-bond acceptors (Lipinski definition) is 4. The number of anilines is 1. The van der Waals surface area contributed by atoms with Gasteiger partial charge < -0.3 is 10.3 Å².